The fourth-order valence-corrected chi connectivity index (χ4v) is 4.27. The van der Waals surface area contributed by atoms with Crippen LogP contribution in [-0.4, -0.2) is 20.9 Å². The number of rotatable bonds is 4. The highest BCUT2D eigenvalue weighted by atomic mass is 32.2. The van der Waals surface area contributed by atoms with Gasteiger partial charge in [-0.3, -0.25) is 9.52 Å². The molecule has 27 heavy (non-hydrogen) atoms. The van der Waals surface area contributed by atoms with Crippen LogP contribution in [0.2, 0.25) is 0 Å². The molecule has 0 radical (unpaired) electrons. The molecule has 3 aromatic rings. The first-order valence-electron chi connectivity index (χ1n) is 8.61. The van der Waals surface area contributed by atoms with E-state index in [0.29, 0.717) is 17.9 Å². The zero-order valence-corrected chi connectivity index (χ0v) is 15.3. The minimum atomic E-state index is -3.69. The SMILES string of the molecule is O=C(c1ccco1)N1CCCc2ccc(NS(=O)(=O)c3ccccc3)cc21. The van der Waals surface area contributed by atoms with Crippen molar-refractivity contribution >= 4 is 27.3 Å². The maximum absolute atomic E-state index is 12.7. The average molecular weight is 382 g/mol. The number of fused-ring (bicyclic) bond motifs is 1. The topological polar surface area (TPSA) is 79.6 Å². The second kappa shape index (κ2) is 6.92. The second-order valence-electron chi connectivity index (χ2n) is 6.30. The van der Waals surface area contributed by atoms with Gasteiger partial charge >= 0.3 is 0 Å². The van der Waals surface area contributed by atoms with Gasteiger partial charge in [-0.05, 0) is 54.8 Å². The molecule has 0 saturated carbocycles. The van der Waals surface area contributed by atoms with E-state index in [-0.39, 0.29) is 16.6 Å². The predicted octanol–water partition coefficient (Wildman–Crippen LogP) is 3.67. The first kappa shape index (κ1) is 17.4. The lowest BCUT2D eigenvalue weighted by Crippen LogP contribution is -2.35. The Morgan fingerprint density at radius 3 is 2.59 bits per heavy atom. The Morgan fingerprint density at radius 2 is 1.85 bits per heavy atom. The van der Waals surface area contributed by atoms with Crippen LogP contribution in [0.25, 0.3) is 0 Å². The number of carbonyl (C=O) groups excluding carboxylic acids is 1. The largest absolute Gasteiger partial charge is 0.459 e. The molecule has 0 aliphatic carbocycles. The molecule has 0 fully saturated rings. The Labute approximate surface area is 157 Å². The number of anilines is 2. The number of carbonyl (C=O) groups is 1. The standard InChI is InChI=1S/C20H18N2O4S/c23-20(19-9-5-13-26-19)22-12-4-6-15-10-11-16(14-18(15)22)21-27(24,25)17-7-2-1-3-8-17/h1-3,5,7-11,13-14,21H,4,6,12H2. The molecule has 138 valence electrons. The molecule has 0 saturated heterocycles. The molecule has 1 amide bonds. The van der Waals surface area contributed by atoms with E-state index in [2.05, 4.69) is 4.72 Å². The molecule has 1 aromatic heterocycles. The van der Waals surface area contributed by atoms with E-state index in [1.165, 1.54) is 18.4 Å². The molecule has 6 nitrogen and oxygen atoms in total. The van der Waals surface area contributed by atoms with Gasteiger partial charge in [-0.1, -0.05) is 24.3 Å². The van der Waals surface area contributed by atoms with Gasteiger partial charge in [0.15, 0.2) is 5.76 Å². The van der Waals surface area contributed by atoms with Gasteiger partial charge in [0.2, 0.25) is 0 Å². The molecule has 7 heteroatoms. The Bertz CT molecular complexity index is 1060. The van der Waals surface area contributed by atoms with Gasteiger partial charge in [-0.15, -0.1) is 0 Å². The van der Waals surface area contributed by atoms with E-state index in [4.69, 9.17) is 4.42 Å². The zero-order chi connectivity index (χ0) is 18.9. The molecule has 0 atom stereocenters. The van der Waals surface area contributed by atoms with Gasteiger partial charge < -0.3 is 9.32 Å². The van der Waals surface area contributed by atoms with Crippen LogP contribution in [0.15, 0.2) is 76.2 Å². The summed E-state index contributed by atoms with van der Waals surface area (Å²) in [5.74, 6) is 0.0298. The first-order valence-corrected chi connectivity index (χ1v) is 10.1. The third kappa shape index (κ3) is 3.46. The second-order valence-corrected chi connectivity index (χ2v) is 7.98. The average Bonchev–Trinajstić information content (AvgIpc) is 3.22. The Morgan fingerprint density at radius 1 is 1.04 bits per heavy atom. The van der Waals surface area contributed by atoms with Crippen LogP contribution in [0.3, 0.4) is 0 Å². The third-order valence-corrected chi connectivity index (χ3v) is 5.88. The summed E-state index contributed by atoms with van der Waals surface area (Å²) in [5.41, 5.74) is 2.12. The van der Waals surface area contributed by atoms with Crippen LogP contribution >= 0.6 is 0 Å². The maximum Gasteiger partial charge on any atom is 0.293 e. The van der Waals surface area contributed by atoms with Crippen molar-refractivity contribution in [2.45, 2.75) is 17.7 Å². The van der Waals surface area contributed by atoms with Crippen molar-refractivity contribution in [3.8, 4) is 0 Å². The van der Waals surface area contributed by atoms with E-state index in [1.807, 2.05) is 6.07 Å². The van der Waals surface area contributed by atoms with Crippen LogP contribution in [0.5, 0.6) is 0 Å². The van der Waals surface area contributed by atoms with E-state index in [9.17, 15) is 13.2 Å². The number of sulfonamides is 1. The lowest BCUT2D eigenvalue weighted by molar-refractivity contribution is 0.0958. The fourth-order valence-electron chi connectivity index (χ4n) is 3.20. The van der Waals surface area contributed by atoms with Gasteiger partial charge in [0.25, 0.3) is 15.9 Å². The van der Waals surface area contributed by atoms with Gasteiger partial charge in [0, 0.05) is 12.2 Å². The van der Waals surface area contributed by atoms with Gasteiger partial charge in [0.1, 0.15) is 0 Å². The molecule has 1 N–H and O–H groups in total. The van der Waals surface area contributed by atoms with Crippen LogP contribution in [-0.2, 0) is 16.4 Å². The van der Waals surface area contributed by atoms with Crippen molar-refractivity contribution in [1.82, 2.24) is 0 Å². The van der Waals surface area contributed by atoms with Gasteiger partial charge in [-0.2, -0.15) is 0 Å². The number of nitrogens with one attached hydrogen (secondary N) is 1. The summed E-state index contributed by atoms with van der Waals surface area (Å²) in [7, 11) is -3.69. The highest BCUT2D eigenvalue weighted by Crippen LogP contribution is 2.32. The fraction of sp³-hybridized carbons (Fsp3) is 0.150. The number of hydrogen-bond donors (Lipinski definition) is 1. The number of aryl methyl sites for hydroxylation is 1. The lowest BCUT2D eigenvalue weighted by Gasteiger charge is -2.29. The Balaban J connectivity index is 1.66. The van der Waals surface area contributed by atoms with Gasteiger partial charge in [0.05, 0.1) is 16.8 Å². The zero-order valence-electron chi connectivity index (χ0n) is 14.5. The highest BCUT2D eigenvalue weighted by molar-refractivity contribution is 7.92. The molecule has 1 aliphatic rings. The summed E-state index contributed by atoms with van der Waals surface area (Å²) < 4.78 is 32.9. The summed E-state index contributed by atoms with van der Waals surface area (Å²) in [6, 6.07) is 16.8. The molecule has 1 aliphatic heterocycles. The van der Waals surface area contributed by atoms with E-state index in [1.54, 1.807) is 47.4 Å². The van der Waals surface area contributed by atoms with Crippen LogP contribution in [0.4, 0.5) is 11.4 Å². The first-order chi connectivity index (χ1) is 13.0. The number of amides is 1. The number of hydrogen-bond acceptors (Lipinski definition) is 4. The van der Waals surface area contributed by atoms with Crippen molar-refractivity contribution in [2.24, 2.45) is 0 Å². The van der Waals surface area contributed by atoms with Crippen LogP contribution in [0, 0.1) is 0 Å². The quantitative estimate of drug-likeness (QED) is 0.747. The highest BCUT2D eigenvalue weighted by Gasteiger charge is 2.26. The molecule has 2 heterocycles. The molecular weight excluding hydrogens is 364 g/mol. The van der Waals surface area contributed by atoms with Crippen molar-refractivity contribution in [1.29, 1.82) is 0 Å². The van der Waals surface area contributed by atoms with Crippen molar-refractivity contribution < 1.29 is 17.6 Å². The number of benzene rings is 2. The molecule has 0 spiro atoms. The van der Waals surface area contributed by atoms with E-state index < -0.39 is 10.0 Å². The Hall–Kier alpha value is -3.06. The normalized spacial score (nSPS) is 13.9. The Kier molecular flexibility index (Phi) is 4.45. The van der Waals surface area contributed by atoms with E-state index in [0.717, 1.165) is 18.4 Å². The summed E-state index contributed by atoms with van der Waals surface area (Å²) in [6.45, 7) is 0.557. The number of nitrogens with zero attached hydrogens (tertiary/aromatic N) is 1. The van der Waals surface area contributed by atoms with Crippen molar-refractivity contribution in [2.75, 3.05) is 16.2 Å². The van der Waals surface area contributed by atoms with Crippen LogP contribution < -0.4 is 9.62 Å². The third-order valence-electron chi connectivity index (χ3n) is 4.49. The molecular formula is C20H18N2O4S. The molecule has 0 unspecified atom stereocenters. The maximum atomic E-state index is 12.7. The smallest absolute Gasteiger partial charge is 0.293 e. The van der Waals surface area contributed by atoms with E-state index >= 15 is 0 Å². The molecule has 2 aromatic carbocycles. The number of furan rings is 1. The molecule has 0 bridgehead atoms. The van der Waals surface area contributed by atoms with Gasteiger partial charge in [-0.25, -0.2) is 8.42 Å². The summed E-state index contributed by atoms with van der Waals surface area (Å²) >= 11 is 0. The predicted molar refractivity (Wildman–Crippen MR) is 102 cm³/mol. The summed E-state index contributed by atoms with van der Waals surface area (Å²) in [5, 5.41) is 0. The summed E-state index contributed by atoms with van der Waals surface area (Å²) in [6.07, 6.45) is 3.14. The monoisotopic (exact) mass is 382 g/mol. The summed E-state index contributed by atoms with van der Waals surface area (Å²) in [4.78, 5) is 14.6. The molecule has 4 rings (SSSR count). The van der Waals surface area contributed by atoms with Crippen molar-refractivity contribution in [3.63, 3.8) is 0 Å². The van der Waals surface area contributed by atoms with Crippen molar-refractivity contribution in [3.05, 3.63) is 78.3 Å². The minimum absolute atomic E-state index is 0.186. The lowest BCUT2D eigenvalue weighted by atomic mass is 10.0. The minimum Gasteiger partial charge on any atom is -0.459 e. The van der Waals surface area contributed by atoms with Crippen LogP contribution in [0.1, 0.15) is 22.5 Å².